The Hall–Kier alpha value is -4.31. The van der Waals surface area contributed by atoms with Gasteiger partial charge in [-0.25, -0.2) is 24.3 Å². The summed E-state index contributed by atoms with van der Waals surface area (Å²) in [6.07, 6.45) is 4.49. The number of nitriles is 1. The Morgan fingerprint density at radius 2 is 2.05 bits per heavy atom. The van der Waals surface area contributed by atoms with E-state index in [1.807, 2.05) is 18.2 Å². The summed E-state index contributed by atoms with van der Waals surface area (Å²) >= 11 is 1.39. The highest BCUT2D eigenvalue weighted by atomic mass is 32.1. The van der Waals surface area contributed by atoms with Crippen LogP contribution in [0.3, 0.4) is 0 Å². The Bertz CT molecular complexity index is 1680. The van der Waals surface area contributed by atoms with Gasteiger partial charge in [0.1, 0.15) is 29.2 Å². The summed E-state index contributed by atoms with van der Waals surface area (Å²) in [5, 5.41) is 14.3. The lowest BCUT2D eigenvalue weighted by Crippen LogP contribution is -2.40. The number of nitrogens with zero attached hydrogens (tertiary/aromatic N) is 8. The minimum atomic E-state index is -0.830. The molecule has 37 heavy (non-hydrogen) atoms. The number of rotatable bonds is 6. The molecule has 1 aliphatic carbocycles. The predicted molar refractivity (Wildman–Crippen MR) is 137 cm³/mol. The molecule has 6 rings (SSSR count). The number of imidazole rings is 1. The molecular weight excluding hydrogens is 494 g/mol. The van der Waals surface area contributed by atoms with Crippen molar-refractivity contribution in [3.05, 3.63) is 50.9 Å². The molecule has 2 aliphatic rings. The number of piperidine rings is 1. The third kappa shape index (κ3) is 3.89. The summed E-state index contributed by atoms with van der Waals surface area (Å²) in [5.74, 6) is 2.63. The molecule has 4 aromatic heterocycles. The summed E-state index contributed by atoms with van der Waals surface area (Å²) in [5.41, 5.74) is -0.237. The van der Waals surface area contributed by atoms with Crippen molar-refractivity contribution in [3.8, 4) is 16.6 Å². The first-order chi connectivity index (χ1) is 17.9. The van der Waals surface area contributed by atoms with Gasteiger partial charge in [-0.15, -0.1) is 11.3 Å². The minimum absolute atomic E-state index is 0.0698. The molecule has 4 aromatic rings. The van der Waals surface area contributed by atoms with Gasteiger partial charge in [-0.2, -0.15) is 5.26 Å². The molecule has 1 saturated heterocycles. The van der Waals surface area contributed by atoms with Crippen molar-refractivity contribution in [2.24, 2.45) is 18.9 Å². The van der Waals surface area contributed by atoms with Crippen molar-refractivity contribution in [2.75, 3.05) is 23.3 Å². The van der Waals surface area contributed by atoms with E-state index in [4.69, 9.17) is 5.26 Å². The van der Waals surface area contributed by atoms with Crippen LogP contribution in [0.1, 0.15) is 19.4 Å². The van der Waals surface area contributed by atoms with Crippen LogP contribution in [0, 0.1) is 23.2 Å². The van der Waals surface area contributed by atoms with Crippen LogP contribution >= 0.6 is 11.3 Å². The number of hydrogen-bond acceptors (Lipinski definition) is 9. The molecule has 13 heteroatoms. The fraction of sp³-hybridized carbons (Fsp3) is 0.375. The van der Waals surface area contributed by atoms with Gasteiger partial charge in [0, 0.05) is 37.3 Å². The number of amides is 1. The fourth-order valence-corrected chi connectivity index (χ4v) is 5.64. The van der Waals surface area contributed by atoms with E-state index >= 15 is 0 Å². The fourth-order valence-electron chi connectivity index (χ4n) is 4.90. The summed E-state index contributed by atoms with van der Waals surface area (Å²) in [6.45, 7) is 3.38. The highest BCUT2D eigenvalue weighted by molar-refractivity contribution is 7.13. The molecule has 0 radical (unpaired) electrons. The second kappa shape index (κ2) is 8.67. The average molecular weight is 518 g/mol. The second-order valence-corrected chi connectivity index (χ2v) is 10.3. The summed E-state index contributed by atoms with van der Waals surface area (Å²) in [4.78, 5) is 54.0. The number of pyridine rings is 1. The van der Waals surface area contributed by atoms with Crippen LogP contribution in [-0.4, -0.2) is 47.6 Å². The molecule has 2 unspecified atom stereocenters. The molecule has 188 valence electrons. The van der Waals surface area contributed by atoms with E-state index in [-0.39, 0.29) is 11.2 Å². The minimum Gasteiger partial charge on any atom is -0.356 e. The Morgan fingerprint density at radius 3 is 2.76 bits per heavy atom. The topological polar surface area (TPSA) is 144 Å². The van der Waals surface area contributed by atoms with E-state index in [1.54, 1.807) is 18.5 Å². The lowest BCUT2D eigenvalue weighted by molar-refractivity contribution is -0.118. The van der Waals surface area contributed by atoms with Gasteiger partial charge in [-0.1, -0.05) is 0 Å². The third-order valence-electron chi connectivity index (χ3n) is 7.14. The number of carbonyl (C=O) groups is 1. The molecule has 1 N–H and O–H groups in total. The zero-order chi connectivity index (χ0) is 25.8. The molecule has 0 bridgehead atoms. The number of nitrogens with one attached hydrogen (secondary N) is 1. The number of hydrogen-bond donors (Lipinski definition) is 1. The number of aryl methyl sites for hydroxylation is 1. The first kappa shape index (κ1) is 23.1. The smallest absolute Gasteiger partial charge is 0.333 e. The summed E-state index contributed by atoms with van der Waals surface area (Å²) in [6, 6.07) is 4.99. The quantitative estimate of drug-likeness (QED) is 0.406. The molecule has 2 fully saturated rings. The average Bonchev–Trinajstić information content (AvgIpc) is 3.30. The van der Waals surface area contributed by atoms with E-state index in [2.05, 4.69) is 25.2 Å². The van der Waals surface area contributed by atoms with E-state index in [0.29, 0.717) is 5.82 Å². The molecule has 1 amide bonds. The first-order valence-corrected chi connectivity index (χ1v) is 12.7. The van der Waals surface area contributed by atoms with Crippen LogP contribution in [-0.2, 0) is 18.4 Å². The van der Waals surface area contributed by atoms with Crippen molar-refractivity contribution < 1.29 is 4.79 Å². The Balaban J connectivity index is 1.20. The summed E-state index contributed by atoms with van der Waals surface area (Å²) < 4.78 is 3.41. The van der Waals surface area contributed by atoms with Gasteiger partial charge in [0.15, 0.2) is 11.2 Å². The molecule has 0 spiro atoms. The highest BCUT2D eigenvalue weighted by Crippen LogP contribution is 2.46. The van der Waals surface area contributed by atoms with Crippen LogP contribution < -0.4 is 21.5 Å². The van der Waals surface area contributed by atoms with Crippen molar-refractivity contribution in [3.63, 3.8) is 0 Å². The zero-order valence-electron chi connectivity index (χ0n) is 20.2. The number of fused-ring (bicyclic) bond motifs is 2. The van der Waals surface area contributed by atoms with Gasteiger partial charge < -0.3 is 14.8 Å². The van der Waals surface area contributed by atoms with E-state index in [9.17, 15) is 14.4 Å². The van der Waals surface area contributed by atoms with Crippen molar-refractivity contribution in [2.45, 2.75) is 25.9 Å². The largest absolute Gasteiger partial charge is 0.356 e. The van der Waals surface area contributed by atoms with Crippen LogP contribution in [0.5, 0.6) is 0 Å². The van der Waals surface area contributed by atoms with Crippen molar-refractivity contribution in [1.29, 1.82) is 5.26 Å². The number of anilines is 2. The normalized spacial score (nSPS) is 19.0. The molecule has 1 saturated carbocycles. The predicted octanol–water partition coefficient (Wildman–Crippen LogP) is 1.59. The van der Waals surface area contributed by atoms with Gasteiger partial charge >= 0.3 is 5.69 Å². The number of aromatic nitrogens is 6. The SMILES string of the molecule is C[C@@H](C(=O)Nc1csc(-c2ccc(N3CC4CC4C3)nc2)n1)n1cnc2c1c(=O)n(CC#N)c(=O)n2C. The third-order valence-corrected chi connectivity index (χ3v) is 8.03. The van der Waals surface area contributed by atoms with Crippen LogP contribution in [0.4, 0.5) is 11.6 Å². The van der Waals surface area contributed by atoms with Gasteiger partial charge in [-0.3, -0.25) is 14.2 Å². The van der Waals surface area contributed by atoms with Gasteiger partial charge in [0.25, 0.3) is 5.56 Å². The van der Waals surface area contributed by atoms with Crippen LogP contribution in [0.2, 0.25) is 0 Å². The molecule has 5 heterocycles. The van der Waals surface area contributed by atoms with Gasteiger partial charge in [0.05, 0.1) is 12.4 Å². The molecule has 12 nitrogen and oxygen atoms in total. The monoisotopic (exact) mass is 517 g/mol. The molecule has 1 aliphatic heterocycles. The van der Waals surface area contributed by atoms with E-state index in [0.717, 1.165) is 45.9 Å². The number of carbonyl (C=O) groups excluding carboxylic acids is 1. The maximum absolute atomic E-state index is 13.1. The lowest BCUT2D eigenvalue weighted by atomic mass is 10.3. The van der Waals surface area contributed by atoms with Crippen LogP contribution in [0.15, 0.2) is 39.6 Å². The maximum atomic E-state index is 13.1. The lowest BCUT2D eigenvalue weighted by Gasteiger charge is -2.18. The Labute approximate surface area is 214 Å². The van der Waals surface area contributed by atoms with Crippen molar-refractivity contribution in [1.82, 2.24) is 28.7 Å². The standard InChI is InChI=1S/C24H23N9O3S/c1-13(33-12-27-20-19(33)23(35)32(6-5-25)24(36)30(20)2)21(34)28-17-11-37-22(29-17)14-3-4-18(26-8-14)31-9-15-7-16(15)10-31/h3-4,8,11-13,15-16H,6-7,9-10H2,1-2H3,(H,28,34)/t13-,15?,16?/m0/s1. The number of thiazole rings is 1. The second-order valence-electron chi connectivity index (χ2n) is 9.48. The maximum Gasteiger partial charge on any atom is 0.333 e. The Morgan fingerprint density at radius 1 is 1.27 bits per heavy atom. The zero-order valence-corrected chi connectivity index (χ0v) is 21.0. The van der Waals surface area contributed by atoms with Crippen molar-refractivity contribution >= 4 is 40.0 Å². The van der Waals surface area contributed by atoms with Gasteiger partial charge in [-0.05, 0) is 37.3 Å². The van der Waals surface area contributed by atoms with E-state index in [1.165, 1.54) is 40.3 Å². The highest BCUT2D eigenvalue weighted by Gasteiger charge is 2.45. The molecule has 3 atom stereocenters. The molecule has 0 aromatic carbocycles. The first-order valence-electron chi connectivity index (χ1n) is 11.9. The summed E-state index contributed by atoms with van der Waals surface area (Å²) in [7, 11) is 1.46. The Kier molecular flexibility index (Phi) is 5.41. The van der Waals surface area contributed by atoms with Gasteiger partial charge in [0.2, 0.25) is 5.91 Å². The molecular formula is C24H23N9O3S. The van der Waals surface area contributed by atoms with Crippen LogP contribution in [0.25, 0.3) is 21.7 Å². The van der Waals surface area contributed by atoms with E-state index < -0.39 is 29.7 Å².